The maximum atomic E-state index is 12.1. The van der Waals surface area contributed by atoms with Gasteiger partial charge in [0.15, 0.2) is 6.10 Å². The van der Waals surface area contributed by atoms with Crippen LogP contribution in [0.4, 0.5) is 0 Å². The summed E-state index contributed by atoms with van der Waals surface area (Å²) in [6, 6.07) is 5.13. The minimum Gasteiger partial charge on any atom is -0.480 e. The van der Waals surface area contributed by atoms with Crippen LogP contribution in [0.15, 0.2) is 18.2 Å². The molecule has 2 rings (SSSR count). The number of hydrogen-bond donors (Lipinski definition) is 2. The maximum absolute atomic E-state index is 12.1. The topological polar surface area (TPSA) is 75.6 Å². The molecule has 0 aliphatic heterocycles. The van der Waals surface area contributed by atoms with Gasteiger partial charge in [-0.05, 0) is 38.3 Å². The fourth-order valence-corrected chi connectivity index (χ4v) is 2.60. The maximum Gasteiger partial charge on any atom is 0.339 e. The van der Waals surface area contributed by atoms with Crippen molar-refractivity contribution in [3.63, 3.8) is 0 Å². The van der Waals surface area contributed by atoms with Crippen LogP contribution in [0.2, 0.25) is 0 Å². The summed E-state index contributed by atoms with van der Waals surface area (Å²) < 4.78 is 5.62. The number of carbonyl (C=O) groups is 2. The van der Waals surface area contributed by atoms with Gasteiger partial charge in [0.2, 0.25) is 0 Å². The van der Waals surface area contributed by atoms with Gasteiger partial charge < -0.3 is 15.2 Å². The molecule has 1 amide bonds. The number of carbonyl (C=O) groups excluding carboxylic acids is 1. The van der Waals surface area contributed by atoms with Gasteiger partial charge in [-0.1, -0.05) is 25.0 Å². The number of aryl methyl sites for hydroxylation is 1. The number of aromatic carboxylic acids is 1. The van der Waals surface area contributed by atoms with Crippen molar-refractivity contribution in [2.45, 2.75) is 51.7 Å². The Bertz CT molecular complexity index is 535. The van der Waals surface area contributed by atoms with Gasteiger partial charge in [0.05, 0.1) is 0 Å². The Balaban J connectivity index is 2.06. The first-order valence-electron chi connectivity index (χ1n) is 7.29. The summed E-state index contributed by atoms with van der Waals surface area (Å²) in [7, 11) is 0. The molecule has 1 aliphatic rings. The van der Waals surface area contributed by atoms with Crippen LogP contribution in [0.25, 0.3) is 0 Å². The molecule has 114 valence electrons. The zero-order valence-corrected chi connectivity index (χ0v) is 12.4. The van der Waals surface area contributed by atoms with E-state index < -0.39 is 12.1 Å². The molecular formula is C16H21NO4. The van der Waals surface area contributed by atoms with Crippen molar-refractivity contribution >= 4 is 11.9 Å². The highest BCUT2D eigenvalue weighted by Gasteiger charge is 2.23. The number of hydrogen-bond acceptors (Lipinski definition) is 3. The number of carboxylic acids is 1. The van der Waals surface area contributed by atoms with Crippen molar-refractivity contribution in [1.29, 1.82) is 0 Å². The van der Waals surface area contributed by atoms with Crippen LogP contribution in [-0.2, 0) is 4.79 Å². The van der Waals surface area contributed by atoms with Gasteiger partial charge in [0.25, 0.3) is 5.91 Å². The van der Waals surface area contributed by atoms with E-state index in [0.717, 1.165) is 25.7 Å². The highest BCUT2D eigenvalue weighted by atomic mass is 16.5. The van der Waals surface area contributed by atoms with E-state index >= 15 is 0 Å². The lowest BCUT2D eigenvalue weighted by molar-refractivity contribution is -0.128. The third-order valence-corrected chi connectivity index (χ3v) is 3.81. The van der Waals surface area contributed by atoms with E-state index in [1.807, 2.05) is 0 Å². The predicted molar refractivity (Wildman–Crippen MR) is 78.6 cm³/mol. The first-order chi connectivity index (χ1) is 9.99. The third kappa shape index (κ3) is 3.74. The SMILES string of the molecule is Cc1cccc(C(=O)O)c1OC(C)C(=O)NC1CCCC1. The van der Waals surface area contributed by atoms with Crippen LogP contribution in [0.1, 0.15) is 48.5 Å². The lowest BCUT2D eigenvalue weighted by atomic mass is 10.1. The van der Waals surface area contributed by atoms with Crippen LogP contribution in [0.5, 0.6) is 5.75 Å². The summed E-state index contributed by atoms with van der Waals surface area (Å²) in [6.45, 7) is 3.41. The summed E-state index contributed by atoms with van der Waals surface area (Å²) in [5, 5.41) is 12.1. The molecule has 0 heterocycles. The van der Waals surface area contributed by atoms with Gasteiger partial charge in [-0.2, -0.15) is 0 Å². The van der Waals surface area contributed by atoms with Gasteiger partial charge in [-0.15, -0.1) is 0 Å². The molecular weight excluding hydrogens is 270 g/mol. The standard InChI is InChI=1S/C16H21NO4/c1-10-6-5-9-13(16(19)20)14(10)21-11(2)15(18)17-12-7-3-4-8-12/h5-6,9,11-12H,3-4,7-8H2,1-2H3,(H,17,18)(H,19,20). The summed E-state index contributed by atoms with van der Waals surface area (Å²) in [4.78, 5) is 23.3. The average molecular weight is 291 g/mol. The fourth-order valence-electron chi connectivity index (χ4n) is 2.60. The zero-order chi connectivity index (χ0) is 15.4. The molecule has 1 atom stereocenters. The van der Waals surface area contributed by atoms with Gasteiger partial charge in [0.1, 0.15) is 11.3 Å². The van der Waals surface area contributed by atoms with Gasteiger partial charge in [-0.3, -0.25) is 4.79 Å². The van der Waals surface area contributed by atoms with E-state index in [1.165, 1.54) is 6.07 Å². The highest BCUT2D eigenvalue weighted by molar-refractivity contribution is 5.91. The van der Waals surface area contributed by atoms with Crippen LogP contribution in [0, 0.1) is 6.92 Å². The van der Waals surface area contributed by atoms with E-state index in [1.54, 1.807) is 26.0 Å². The smallest absolute Gasteiger partial charge is 0.339 e. The van der Waals surface area contributed by atoms with Crippen molar-refractivity contribution in [3.8, 4) is 5.75 Å². The number of para-hydroxylation sites is 1. The third-order valence-electron chi connectivity index (χ3n) is 3.81. The van der Waals surface area contributed by atoms with E-state index in [4.69, 9.17) is 4.74 Å². The van der Waals surface area contributed by atoms with Crippen molar-refractivity contribution in [1.82, 2.24) is 5.32 Å². The molecule has 1 aromatic carbocycles. The molecule has 1 fully saturated rings. The predicted octanol–water partition coefficient (Wildman–Crippen LogP) is 2.52. The molecule has 5 heteroatoms. The molecule has 1 aliphatic carbocycles. The molecule has 0 bridgehead atoms. The molecule has 1 unspecified atom stereocenters. The summed E-state index contributed by atoms with van der Waals surface area (Å²) in [6.07, 6.45) is 3.57. The molecule has 0 spiro atoms. The molecule has 1 saturated carbocycles. The quantitative estimate of drug-likeness (QED) is 0.874. The summed E-state index contributed by atoms with van der Waals surface area (Å²) in [5.74, 6) is -0.988. The molecule has 0 radical (unpaired) electrons. The summed E-state index contributed by atoms with van der Waals surface area (Å²) >= 11 is 0. The van der Waals surface area contributed by atoms with Crippen LogP contribution < -0.4 is 10.1 Å². The van der Waals surface area contributed by atoms with Gasteiger partial charge in [-0.25, -0.2) is 4.79 Å². The fraction of sp³-hybridized carbons (Fsp3) is 0.500. The van der Waals surface area contributed by atoms with E-state index in [9.17, 15) is 14.7 Å². The Morgan fingerprint density at radius 1 is 1.33 bits per heavy atom. The second-order valence-electron chi connectivity index (χ2n) is 5.51. The number of ether oxygens (including phenoxy) is 1. The zero-order valence-electron chi connectivity index (χ0n) is 12.4. The Kier molecular flexibility index (Phi) is 4.83. The Labute approximate surface area is 124 Å². The lowest BCUT2D eigenvalue weighted by Crippen LogP contribution is -2.41. The van der Waals surface area contributed by atoms with Crippen LogP contribution in [0.3, 0.4) is 0 Å². The van der Waals surface area contributed by atoms with Gasteiger partial charge >= 0.3 is 5.97 Å². The monoisotopic (exact) mass is 291 g/mol. The first kappa shape index (κ1) is 15.4. The van der Waals surface area contributed by atoms with E-state index in [-0.39, 0.29) is 23.3 Å². The summed E-state index contributed by atoms with van der Waals surface area (Å²) in [5.41, 5.74) is 0.783. The second kappa shape index (κ2) is 6.61. The van der Waals surface area contributed by atoms with Crippen LogP contribution in [-0.4, -0.2) is 29.1 Å². The molecule has 0 saturated heterocycles. The average Bonchev–Trinajstić information content (AvgIpc) is 2.93. The lowest BCUT2D eigenvalue weighted by Gasteiger charge is -2.20. The number of carboxylic acid groups (broad SMARTS) is 1. The molecule has 21 heavy (non-hydrogen) atoms. The molecule has 2 N–H and O–H groups in total. The van der Waals surface area contributed by atoms with Gasteiger partial charge in [0, 0.05) is 6.04 Å². The molecule has 0 aromatic heterocycles. The number of amides is 1. The van der Waals surface area contributed by atoms with Crippen molar-refractivity contribution in [2.75, 3.05) is 0 Å². The first-order valence-corrected chi connectivity index (χ1v) is 7.29. The number of nitrogens with one attached hydrogen (secondary N) is 1. The van der Waals surface area contributed by atoms with Crippen molar-refractivity contribution in [2.24, 2.45) is 0 Å². The minimum absolute atomic E-state index is 0.0792. The number of benzene rings is 1. The van der Waals surface area contributed by atoms with E-state index in [0.29, 0.717) is 5.56 Å². The Morgan fingerprint density at radius 3 is 2.62 bits per heavy atom. The Hall–Kier alpha value is -2.04. The van der Waals surface area contributed by atoms with E-state index in [2.05, 4.69) is 5.32 Å². The highest BCUT2D eigenvalue weighted by Crippen LogP contribution is 2.25. The largest absolute Gasteiger partial charge is 0.480 e. The van der Waals surface area contributed by atoms with Crippen molar-refractivity contribution in [3.05, 3.63) is 29.3 Å². The molecule has 1 aromatic rings. The Morgan fingerprint density at radius 2 is 2.00 bits per heavy atom. The van der Waals surface area contributed by atoms with Crippen LogP contribution >= 0.6 is 0 Å². The molecule has 5 nitrogen and oxygen atoms in total. The second-order valence-corrected chi connectivity index (χ2v) is 5.51. The minimum atomic E-state index is -1.06. The van der Waals surface area contributed by atoms with Crippen molar-refractivity contribution < 1.29 is 19.4 Å². The number of rotatable bonds is 5. The normalized spacial score (nSPS) is 16.5.